The number of carbonyl (C=O) groups is 4. The van der Waals surface area contributed by atoms with Gasteiger partial charge in [-0.1, -0.05) is 35.9 Å². The first-order chi connectivity index (χ1) is 15.4. The van der Waals surface area contributed by atoms with Crippen LogP contribution in [0.5, 0.6) is 0 Å². The Bertz CT molecular complexity index is 1110. The van der Waals surface area contributed by atoms with Gasteiger partial charge in [0.25, 0.3) is 5.91 Å². The molecule has 0 aromatic heterocycles. The largest absolute Gasteiger partial charge is 0.326 e. The quantitative estimate of drug-likeness (QED) is 0.649. The van der Waals surface area contributed by atoms with E-state index in [2.05, 4.69) is 5.32 Å². The number of carbonyl (C=O) groups excluding carboxylic acids is 4. The summed E-state index contributed by atoms with van der Waals surface area (Å²) in [5.74, 6) is -0.759. The molecule has 32 heavy (non-hydrogen) atoms. The van der Waals surface area contributed by atoms with Crippen molar-refractivity contribution in [1.82, 2.24) is 10.2 Å². The number of hydrogen-bond acceptors (Lipinski definition) is 5. The lowest BCUT2D eigenvalue weighted by atomic mass is 9.96. The van der Waals surface area contributed by atoms with Gasteiger partial charge < -0.3 is 10.6 Å². The number of nitrogens with zero attached hydrogens (tertiary/aromatic N) is 1. The summed E-state index contributed by atoms with van der Waals surface area (Å²) in [6.45, 7) is 2.75. The van der Waals surface area contributed by atoms with E-state index in [9.17, 15) is 19.2 Å². The van der Waals surface area contributed by atoms with Crippen LogP contribution in [0.25, 0.3) is 0 Å². The summed E-state index contributed by atoms with van der Waals surface area (Å²) in [7, 11) is 0. The van der Waals surface area contributed by atoms with Crippen molar-refractivity contribution in [3.8, 4) is 0 Å². The zero-order valence-electron chi connectivity index (χ0n) is 18.1. The van der Waals surface area contributed by atoms with E-state index in [4.69, 9.17) is 5.73 Å². The highest BCUT2D eigenvalue weighted by atomic mass is 16.2. The third kappa shape index (κ3) is 4.48. The number of Topliss-reactive ketones (excluding diaryl/α,β-unsaturated/α-hetero) is 1. The van der Waals surface area contributed by atoms with Crippen molar-refractivity contribution in [1.29, 1.82) is 0 Å². The second-order valence-corrected chi connectivity index (χ2v) is 8.58. The molecule has 3 amide bonds. The Kier molecular flexibility index (Phi) is 6.19. The molecule has 4 rings (SSSR count). The minimum atomic E-state index is -0.622. The van der Waals surface area contributed by atoms with Crippen LogP contribution in [0.4, 0.5) is 0 Å². The Labute approximate surface area is 187 Å². The van der Waals surface area contributed by atoms with Crippen molar-refractivity contribution in [3.05, 3.63) is 69.8 Å². The first kappa shape index (κ1) is 21.9. The van der Waals surface area contributed by atoms with E-state index < -0.39 is 11.9 Å². The van der Waals surface area contributed by atoms with Crippen molar-refractivity contribution >= 4 is 23.5 Å². The molecule has 1 atom stereocenters. The molecule has 0 radical (unpaired) electrons. The van der Waals surface area contributed by atoms with E-state index in [-0.39, 0.29) is 24.0 Å². The molecule has 1 unspecified atom stereocenters. The van der Waals surface area contributed by atoms with Crippen LogP contribution in [0.15, 0.2) is 36.4 Å². The van der Waals surface area contributed by atoms with Crippen LogP contribution in [0.2, 0.25) is 0 Å². The molecule has 1 fully saturated rings. The van der Waals surface area contributed by atoms with E-state index in [1.54, 1.807) is 6.07 Å². The van der Waals surface area contributed by atoms with Crippen molar-refractivity contribution in [2.24, 2.45) is 5.73 Å². The summed E-state index contributed by atoms with van der Waals surface area (Å²) in [5.41, 5.74) is 11.3. The topological polar surface area (TPSA) is 110 Å². The maximum atomic E-state index is 12.8. The molecule has 2 heterocycles. The number of hydrogen-bond donors (Lipinski definition) is 2. The zero-order valence-corrected chi connectivity index (χ0v) is 18.1. The van der Waals surface area contributed by atoms with Gasteiger partial charge in [-0.15, -0.1) is 0 Å². The van der Waals surface area contributed by atoms with Gasteiger partial charge in [-0.3, -0.25) is 24.5 Å². The minimum Gasteiger partial charge on any atom is -0.326 e. The van der Waals surface area contributed by atoms with Crippen LogP contribution in [0.3, 0.4) is 0 Å². The molecule has 3 N–H and O–H groups in total. The fourth-order valence-corrected chi connectivity index (χ4v) is 4.49. The average molecular weight is 434 g/mol. The maximum Gasteiger partial charge on any atom is 0.255 e. The first-order valence-electron chi connectivity index (χ1n) is 10.9. The number of nitrogens with one attached hydrogen (secondary N) is 1. The van der Waals surface area contributed by atoms with Gasteiger partial charge in [-0.25, -0.2) is 0 Å². The van der Waals surface area contributed by atoms with Gasteiger partial charge in [0.15, 0.2) is 0 Å². The highest BCUT2D eigenvalue weighted by molar-refractivity contribution is 6.05. The van der Waals surface area contributed by atoms with Gasteiger partial charge in [-0.05, 0) is 48.1 Å². The van der Waals surface area contributed by atoms with Crippen LogP contribution in [0.1, 0.15) is 57.4 Å². The molecule has 0 bridgehead atoms. The normalized spacial score (nSPS) is 18.0. The molecule has 2 aliphatic heterocycles. The highest BCUT2D eigenvalue weighted by Crippen LogP contribution is 2.28. The maximum absolute atomic E-state index is 12.8. The number of rotatable bonds is 7. The van der Waals surface area contributed by atoms with Crippen LogP contribution in [-0.4, -0.2) is 34.4 Å². The number of amides is 3. The number of fused-ring (bicyclic) bond motifs is 1. The summed E-state index contributed by atoms with van der Waals surface area (Å²) < 4.78 is 0. The number of ketones is 1. The second-order valence-electron chi connectivity index (χ2n) is 8.58. The monoisotopic (exact) mass is 433 g/mol. The molecule has 2 aromatic rings. The Morgan fingerprint density at radius 3 is 2.69 bits per heavy atom. The summed E-state index contributed by atoms with van der Waals surface area (Å²) in [4.78, 5) is 50.5. The average Bonchev–Trinajstić information content (AvgIpc) is 3.08. The molecular formula is C25H27N3O4. The van der Waals surface area contributed by atoms with Crippen LogP contribution >= 0.6 is 0 Å². The number of nitrogens with two attached hydrogens (primary N) is 1. The van der Waals surface area contributed by atoms with Gasteiger partial charge in [-0.2, -0.15) is 0 Å². The predicted molar refractivity (Wildman–Crippen MR) is 119 cm³/mol. The number of aryl methyl sites for hydroxylation is 2. The van der Waals surface area contributed by atoms with E-state index in [0.717, 1.165) is 27.8 Å². The van der Waals surface area contributed by atoms with E-state index in [0.29, 0.717) is 44.3 Å². The Hall–Kier alpha value is -3.32. The highest BCUT2D eigenvalue weighted by Gasteiger charge is 2.39. The van der Waals surface area contributed by atoms with Crippen molar-refractivity contribution in [2.75, 3.05) is 0 Å². The third-order valence-electron chi connectivity index (χ3n) is 6.25. The fraction of sp³-hybridized carbons (Fsp3) is 0.360. The lowest BCUT2D eigenvalue weighted by Crippen LogP contribution is -2.52. The van der Waals surface area contributed by atoms with E-state index >= 15 is 0 Å². The molecule has 0 saturated carbocycles. The summed E-state index contributed by atoms with van der Waals surface area (Å²) in [5, 5.41) is 2.31. The van der Waals surface area contributed by atoms with Gasteiger partial charge in [0.1, 0.15) is 11.8 Å². The van der Waals surface area contributed by atoms with Crippen molar-refractivity contribution in [3.63, 3.8) is 0 Å². The smallest absolute Gasteiger partial charge is 0.255 e. The summed E-state index contributed by atoms with van der Waals surface area (Å²) >= 11 is 0. The molecular weight excluding hydrogens is 406 g/mol. The van der Waals surface area contributed by atoms with Gasteiger partial charge >= 0.3 is 0 Å². The van der Waals surface area contributed by atoms with E-state index in [1.807, 2.05) is 37.3 Å². The molecule has 0 aliphatic carbocycles. The minimum absolute atomic E-state index is 0.145. The van der Waals surface area contributed by atoms with Crippen molar-refractivity contribution in [2.45, 2.75) is 58.2 Å². The molecule has 2 aliphatic rings. The summed E-state index contributed by atoms with van der Waals surface area (Å²) in [6, 6.07) is 11.0. The van der Waals surface area contributed by atoms with Gasteiger partial charge in [0, 0.05) is 37.9 Å². The van der Waals surface area contributed by atoms with Crippen LogP contribution in [0, 0.1) is 6.92 Å². The molecule has 7 nitrogen and oxygen atoms in total. The molecule has 2 aromatic carbocycles. The van der Waals surface area contributed by atoms with Crippen LogP contribution in [-0.2, 0) is 40.3 Å². The number of piperidine rings is 1. The zero-order chi connectivity index (χ0) is 22.8. The molecule has 7 heteroatoms. The van der Waals surface area contributed by atoms with Crippen LogP contribution < -0.4 is 11.1 Å². The standard InChI is InChI=1S/C25H27N3O4/c1-15-2-5-17(13-26)18(10-15)12-20(29)6-3-16-4-7-21-19(11-16)14-28(25(21)32)22-8-9-23(30)27-24(22)31/h2,4-5,7,10-11,22H,3,6,8-9,12-14,26H2,1H3,(H,27,30,31). The lowest BCUT2D eigenvalue weighted by molar-refractivity contribution is -0.137. The number of imide groups is 1. The van der Waals surface area contributed by atoms with E-state index in [1.165, 1.54) is 4.90 Å². The van der Waals surface area contributed by atoms with Gasteiger partial charge in [0.2, 0.25) is 11.8 Å². The Morgan fingerprint density at radius 1 is 1.12 bits per heavy atom. The molecule has 0 spiro atoms. The van der Waals surface area contributed by atoms with Crippen molar-refractivity contribution < 1.29 is 19.2 Å². The Balaban J connectivity index is 1.39. The summed E-state index contributed by atoms with van der Waals surface area (Å²) in [6.07, 6.45) is 1.93. The predicted octanol–water partition coefficient (Wildman–Crippen LogP) is 1.96. The molecule has 166 valence electrons. The fourth-order valence-electron chi connectivity index (χ4n) is 4.49. The first-order valence-corrected chi connectivity index (χ1v) is 10.9. The number of benzene rings is 2. The third-order valence-corrected chi connectivity index (χ3v) is 6.25. The SMILES string of the molecule is Cc1ccc(CN)c(CC(=O)CCc2ccc3c(c2)CN(C2CCC(=O)NC2=O)C3=O)c1. The second kappa shape index (κ2) is 9.04. The Morgan fingerprint density at radius 2 is 1.94 bits per heavy atom. The van der Waals surface area contributed by atoms with Gasteiger partial charge in [0.05, 0.1) is 0 Å². The molecule has 1 saturated heterocycles. The lowest BCUT2D eigenvalue weighted by Gasteiger charge is -2.29.